The minimum Gasteiger partial charge on any atom is -0.396 e. The van der Waals surface area contributed by atoms with Crippen LogP contribution < -0.4 is 4.72 Å². The number of rotatable bonds is 6. The summed E-state index contributed by atoms with van der Waals surface area (Å²) in [4.78, 5) is 0. The molecule has 0 aromatic heterocycles. The first-order valence-electron chi connectivity index (χ1n) is 7.02. The molecule has 1 saturated heterocycles. The zero-order chi connectivity index (χ0) is 15.3. The Morgan fingerprint density at radius 1 is 1.33 bits per heavy atom. The van der Waals surface area contributed by atoms with Crippen molar-refractivity contribution in [3.63, 3.8) is 0 Å². The molecule has 0 atom stereocenters. The number of hydrogen-bond donors (Lipinski definition) is 2. The predicted molar refractivity (Wildman–Crippen MR) is 81.1 cm³/mol. The molecule has 1 fully saturated rings. The zero-order valence-electron chi connectivity index (χ0n) is 12.2. The number of aliphatic hydroxyl groups excluding tert-OH is 1. The lowest BCUT2D eigenvalue weighted by Gasteiger charge is -2.30. The van der Waals surface area contributed by atoms with Crippen LogP contribution in [0.5, 0.6) is 0 Å². The third kappa shape index (κ3) is 4.16. The standard InChI is InChI=1S/C14H22N2O4S/c1-20-11-13-4-2-3-5-14(13)15-21(18,19)16-8-6-12(10-17)7-9-16/h2-5,12,15,17H,6-11H2,1H3. The maximum atomic E-state index is 12.4. The summed E-state index contributed by atoms with van der Waals surface area (Å²) in [5.74, 6) is 0.206. The summed E-state index contributed by atoms with van der Waals surface area (Å²) in [5, 5.41) is 9.11. The van der Waals surface area contributed by atoms with Crippen molar-refractivity contribution in [2.24, 2.45) is 5.92 Å². The molecule has 1 aliphatic rings. The van der Waals surface area contributed by atoms with Gasteiger partial charge in [0.25, 0.3) is 0 Å². The second kappa shape index (κ2) is 7.22. The van der Waals surface area contributed by atoms with Gasteiger partial charge in [0, 0.05) is 32.4 Å². The molecule has 0 spiro atoms. The second-order valence-electron chi connectivity index (χ2n) is 5.22. The molecule has 0 aliphatic carbocycles. The Hall–Kier alpha value is -1.15. The van der Waals surface area contributed by atoms with Gasteiger partial charge >= 0.3 is 10.2 Å². The number of nitrogens with zero attached hydrogens (tertiary/aromatic N) is 1. The van der Waals surface area contributed by atoms with E-state index < -0.39 is 10.2 Å². The molecule has 0 radical (unpaired) electrons. The van der Waals surface area contributed by atoms with Crippen LogP contribution in [0.15, 0.2) is 24.3 Å². The van der Waals surface area contributed by atoms with E-state index in [1.807, 2.05) is 12.1 Å². The molecule has 7 heteroatoms. The maximum Gasteiger partial charge on any atom is 0.301 e. The van der Waals surface area contributed by atoms with Gasteiger partial charge in [-0.25, -0.2) is 0 Å². The molecule has 0 amide bonds. The highest BCUT2D eigenvalue weighted by atomic mass is 32.2. The first kappa shape index (κ1) is 16.2. The first-order chi connectivity index (χ1) is 10.1. The summed E-state index contributed by atoms with van der Waals surface area (Å²) >= 11 is 0. The van der Waals surface area contributed by atoms with E-state index in [2.05, 4.69) is 4.72 Å². The van der Waals surface area contributed by atoms with Crippen LogP contribution in [0.4, 0.5) is 5.69 Å². The molecule has 0 saturated carbocycles. The highest BCUT2D eigenvalue weighted by Gasteiger charge is 2.28. The molecular formula is C14H22N2O4S. The largest absolute Gasteiger partial charge is 0.396 e. The van der Waals surface area contributed by atoms with Gasteiger partial charge in [-0.3, -0.25) is 4.72 Å². The second-order valence-corrected chi connectivity index (χ2v) is 6.89. The van der Waals surface area contributed by atoms with E-state index in [1.165, 1.54) is 4.31 Å². The Balaban J connectivity index is 2.08. The lowest BCUT2D eigenvalue weighted by Crippen LogP contribution is -2.42. The topological polar surface area (TPSA) is 78.9 Å². The Morgan fingerprint density at radius 2 is 2.00 bits per heavy atom. The van der Waals surface area contributed by atoms with Crippen molar-refractivity contribution in [1.82, 2.24) is 4.31 Å². The number of hydrogen-bond acceptors (Lipinski definition) is 4. The molecule has 6 nitrogen and oxygen atoms in total. The fraction of sp³-hybridized carbons (Fsp3) is 0.571. The Morgan fingerprint density at radius 3 is 2.62 bits per heavy atom. The van der Waals surface area contributed by atoms with Crippen LogP contribution >= 0.6 is 0 Å². The van der Waals surface area contributed by atoms with Gasteiger partial charge in [0.1, 0.15) is 0 Å². The molecule has 2 N–H and O–H groups in total. The van der Waals surface area contributed by atoms with Crippen LogP contribution in [-0.2, 0) is 21.6 Å². The molecule has 1 heterocycles. The van der Waals surface area contributed by atoms with Gasteiger partial charge < -0.3 is 9.84 Å². The van der Waals surface area contributed by atoms with Crippen LogP contribution in [-0.4, -0.2) is 44.6 Å². The van der Waals surface area contributed by atoms with Crippen molar-refractivity contribution in [2.45, 2.75) is 19.4 Å². The summed E-state index contributed by atoms with van der Waals surface area (Å²) in [6.07, 6.45) is 1.38. The number of benzene rings is 1. The zero-order valence-corrected chi connectivity index (χ0v) is 13.0. The number of aliphatic hydroxyl groups is 1. The molecule has 2 rings (SSSR count). The summed E-state index contributed by atoms with van der Waals surface area (Å²) in [6, 6.07) is 7.19. The third-order valence-corrected chi connectivity index (χ3v) is 5.25. The minimum atomic E-state index is -3.56. The molecule has 1 aromatic rings. The fourth-order valence-corrected chi connectivity index (χ4v) is 3.73. The van der Waals surface area contributed by atoms with E-state index in [1.54, 1.807) is 19.2 Å². The van der Waals surface area contributed by atoms with Crippen molar-refractivity contribution >= 4 is 15.9 Å². The van der Waals surface area contributed by atoms with Crippen molar-refractivity contribution in [1.29, 1.82) is 0 Å². The van der Waals surface area contributed by atoms with Crippen LogP contribution in [0, 0.1) is 5.92 Å². The quantitative estimate of drug-likeness (QED) is 0.827. The number of methoxy groups -OCH3 is 1. The smallest absolute Gasteiger partial charge is 0.301 e. The van der Waals surface area contributed by atoms with Crippen molar-refractivity contribution in [3.05, 3.63) is 29.8 Å². The number of ether oxygens (including phenoxy) is 1. The number of para-hydroxylation sites is 1. The van der Waals surface area contributed by atoms with E-state index in [0.29, 0.717) is 38.2 Å². The molecular weight excluding hydrogens is 292 g/mol. The molecule has 118 valence electrons. The van der Waals surface area contributed by atoms with E-state index in [4.69, 9.17) is 9.84 Å². The van der Waals surface area contributed by atoms with Crippen LogP contribution in [0.3, 0.4) is 0 Å². The fourth-order valence-electron chi connectivity index (χ4n) is 2.44. The molecule has 1 aliphatic heterocycles. The molecule has 21 heavy (non-hydrogen) atoms. The van der Waals surface area contributed by atoms with Gasteiger partial charge in [-0.2, -0.15) is 12.7 Å². The summed E-state index contributed by atoms with van der Waals surface area (Å²) in [7, 11) is -1.99. The minimum absolute atomic E-state index is 0.123. The number of anilines is 1. The van der Waals surface area contributed by atoms with Gasteiger partial charge in [-0.15, -0.1) is 0 Å². The maximum absolute atomic E-state index is 12.4. The normalized spacial score (nSPS) is 17.8. The Bertz CT molecular complexity index is 554. The first-order valence-corrected chi connectivity index (χ1v) is 8.46. The van der Waals surface area contributed by atoms with E-state index in [0.717, 1.165) is 5.56 Å². The van der Waals surface area contributed by atoms with Gasteiger partial charge in [-0.05, 0) is 24.8 Å². The highest BCUT2D eigenvalue weighted by Crippen LogP contribution is 2.22. The van der Waals surface area contributed by atoms with Gasteiger partial charge in [-0.1, -0.05) is 18.2 Å². The van der Waals surface area contributed by atoms with Gasteiger partial charge in [0.15, 0.2) is 0 Å². The van der Waals surface area contributed by atoms with Crippen molar-refractivity contribution < 1.29 is 18.3 Å². The Kier molecular flexibility index (Phi) is 5.58. The van der Waals surface area contributed by atoms with Gasteiger partial charge in [0.2, 0.25) is 0 Å². The van der Waals surface area contributed by atoms with Crippen LogP contribution in [0.25, 0.3) is 0 Å². The molecule has 1 aromatic carbocycles. The molecule has 0 bridgehead atoms. The average molecular weight is 314 g/mol. The third-order valence-electron chi connectivity index (χ3n) is 3.73. The highest BCUT2D eigenvalue weighted by molar-refractivity contribution is 7.90. The van der Waals surface area contributed by atoms with E-state index in [-0.39, 0.29) is 12.5 Å². The molecule has 0 unspecified atom stereocenters. The van der Waals surface area contributed by atoms with Gasteiger partial charge in [0.05, 0.1) is 12.3 Å². The monoisotopic (exact) mass is 314 g/mol. The summed E-state index contributed by atoms with van der Waals surface area (Å²) in [5.41, 5.74) is 1.34. The van der Waals surface area contributed by atoms with Crippen molar-refractivity contribution in [3.8, 4) is 0 Å². The lowest BCUT2D eigenvalue weighted by molar-refractivity contribution is 0.170. The SMILES string of the molecule is COCc1ccccc1NS(=O)(=O)N1CCC(CO)CC1. The summed E-state index contributed by atoms with van der Waals surface area (Å²) in [6.45, 7) is 1.35. The number of piperidine rings is 1. The average Bonchev–Trinajstić information content (AvgIpc) is 2.49. The van der Waals surface area contributed by atoms with E-state index in [9.17, 15) is 8.42 Å². The van der Waals surface area contributed by atoms with E-state index >= 15 is 0 Å². The van der Waals surface area contributed by atoms with Crippen molar-refractivity contribution in [2.75, 3.05) is 31.5 Å². The summed E-state index contributed by atoms with van der Waals surface area (Å²) < 4.78 is 34.0. The van der Waals surface area contributed by atoms with Crippen LogP contribution in [0.2, 0.25) is 0 Å². The predicted octanol–water partition coefficient (Wildman–Crippen LogP) is 1.19. The lowest BCUT2D eigenvalue weighted by atomic mass is 10.00. The van der Waals surface area contributed by atoms with Crippen LogP contribution in [0.1, 0.15) is 18.4 Å². The number of nitrogens with one attached hydrogen (secondary N) is 1. The Labute approximate surface area is 125 Å².